The molecule has 1 aromatic carbocycles. The Hall–Kier alpha value is -2.54. The fourth-order valence-corrected chi connectivity index (χ4v) is 7.20. The first-order valence-corrected chi connectivity index (χ1v) is 14.4. The number of aryl methyl sites for hydroxylation is 1. The minimum absolute atomic E-state index is 0.294. The highest BCUT2D eigenvalue weighted by Gasteiger charge is 2.34. The van der Waals surface area contributed by atoms with E-state index in [4.69, 9.17) is 12.3 Å². The second kappa shape index (κ2) is 11.5. The highest BCUT2D eigenvalue weighted by Crippen LogP contribution is 2.49. The summed E-state index contributed by atoms with van der Waals surface area (Å²) in [4.78, 5) is 0. The molecule has 0 aliphatic heterocycles. The first kappa shape index (κ1) is 29.0. The van der Waals surface area contributed by atoms with Gasteiger partial charge in [0.2, 0.25) is 0 Å². The molecule has 37 heavy (non-hydrogen) atoms. The molecule has 4 unspecified atom stereocenters. The van der Waals surface area contributed by atoms with Crippen molar-refractivity contribution in [2.24, 2.45) is 23.5 Å². The van der Waals surface area contributed by atoms with Gasteiger partial charge in [-0.2, -0.15) is 0 Å². The smallest absolute Gasteiger partial charge is 0.0316 e. The molecule has 0 spiro atoms. The first-order chi connectivity index (χ1) is 17.4. The normalized spacial score (nSPS) is 23.0. The lowest BCUT2D eigenvalue weighted by Gasteiger charge is -2.38. The number of hydrogen-bond donors (Lipinski definition) is 1. The third kappa shape index (κ3) is 5.25. The highest BCUT2D eigenvalue weighted by atomic mass is 14.6. The van der Waals surface area contributed by atoms with Crippen LogP contribution in [-0.2, 0) is 6.42 Å². The predicted molar refractivity (Wildman–Crippen MR) is 165 cm³/mol. The van der Waals surface area contributed by atoms with Crippen molar-refractivity contribution in [1.82, 2.24) is 0 Å². The fraction of sp³-hybridized carbons (Fsp3) is 0.500. The number of fused-ring (bicyclic) bond motifs is 1. The van der Waals surface area contributed by atoms with E-state index in [1.54, 1.807) is 0 Å². The van der Waals surface area contributed by atoms with Crippen molar-refractivity contribution < 1.29 is 0 Å². The van der Waals surface area contributed by atoms with Gasteiger partial charge in [0.15, 0.2) is 0 Å². The van der Waals surface area contributed by atoms with Gasteiger partial charge in [-0.05, 0) is 128 Å². The summed E-state index contributed by atoms with van der Waals surface area (Å²) >= 11 is 0. The van der Waals surface area contributed by atoms with E-state index in [0.717, 1.165) is 49.7 Å². The molecule has 0 fully saturated rings. The molecule has 0 heterocycles. The van der Waals surface area contributed by atoms with Crippen molar-refractivity contribution in [2.75, 3.05) is 0 Å². The van der Waals surface area contributed by atoms with Crippen LogP contribution < -0.4 is 5.73 Å². The predicted octanol–water partition coefficient (Wildman–Crippen LogP) is 10.1. The third-order valence-electron chi connectivity index (χ3n) is 9.64. The first-order valence-electron chi connectivity index (χ1n) is 14.4. The molecule has 4 atom stereocenters. The van der Waals surface area contributed by atoms with Crippen LogP contribution in [0.5, 0.6) is 0 Å². The average molecular weight is 498 g/mol. The van der Waals surface area contributed by atoms with Gasteiger partial charge in [-0.1, -0.05) is 83.2 Å². The summed E-state index contributed by atoms with van der Waals surface area (Å²) in [5, 5.41) is 0. The Morgan fingerprint density at radius 2 is 1.76 bits per heavy atom. The van der Waals surface area contributed by atoms with E-state index < -0.39 is 0 Å². The molecule has 2 N–H and O–H groups in total. The fourth-order valence-electron chi connectivity index (χ4n) is 7.20. The van der Waals surface area contributed by atoms with Gasteiger partial charge in [-0.25, -0.2) is 0 Å². The molecular weight excluding hydrogens is 446 g/mol. The minimum atomic E-state index is 0.294. The average Bonchev–Trinajstić information content (AvgIpc) is 2.84. The monoisotopic (exact) mass is 497 g/mol. The zero-order valence-electron chi connectivity index (χ0n) is 25.0. The standard InChI is InChI=1S/C36H51N/c1-13-15-20(3)23(6)24(7)33-18-22(5)32-19-30(14-2)35(28(11)36(32)27(33)10)26(9)31-17-16-21(4)34(25(31)8)29(12)37/h18,23-24,30-31H,3,8,11-17,19,37H2,1-2,4-7,9-10H3/b35-26-. The molecule has 0 aromatic heterocycles. The van der Waals surface area contributed by atoms with Crippen LogP contribution in [0.15, 0.2) is 71.5 Å². The molecule has 200 valence electrons. The van der Waals surface area contributed by atoms with Crippen LogP contribution >= 0.6 is 0 Å². The van der Waals surface area contributed by atoms with Crippen LogP contribution in [0.1, 0.15) is 107 Å². The molecule has 2 aliphatic carbocycles. The molecule has 0 amide bonds. The van der Waals surface area contributed by atoms with E-state index in [1.807, 2.05) is 0 Å². The minimum Gasteiger partial charge on any atom is -0.399 e. The van der Waals surface area contributed by atoms with Crippen LogP contribution in [0.3, 0.4) is 0 Å². The molecule has 0 radical (unpaired) electrons. The van der Waals surface area contributed by atoms with Gasteiger partial charge in [-0.15, -0.1) is 0 Å². The molecule has 2 aliphatic rings. The van der Waals surface area contributed by atoms with Crippen LogP contribution in [-0.4, -0.2) is 0 Å². The summed E-state index contributed by atoms with van der Waals surface area (Å²) in [6, 6.07) is 2.46. The third-order valence-corrected chi connectivity index (χ3v) is 9.64. The molecule has 0 saturated heterocycles. The summed E-state index contributed by atoms with van der Waals surface area (Å²) in [5.41, 5.74) is 23.1. The Labute approximate surface area is 228 Å². The van der Waals surface area contributed by atoms with Crippen molar-refractivity contribution in [3.63, 3.8) is 0 Å². The Bertz CT molecular complexity index is 1200. The molecule has 3 rings (SSSR count). The van der Waals surface area contributed by atoms with E-state index in [9.17, 15) is 0 Å². The topological polar surface area (TPSA) is 26.0 Å². The SMILES string of the molecule is C=C(N)C1=C(C)CCC(/C(C)=C2/C(=C)c3c(C)c(C(C)C(C)C(=C)CCC)cc(C)c3CC2CC)C1=C. The van der Waals surface area contributed by atoms with Crippen molar-refractivity contribution in [2.45, 2.75) is 99.8 Å². The van der Waals surface area contributed by atoms with Crippen LogP contribution in [0, 0.1) is 31.6 Å². The number of benzene rings is 1. The van der Waals surface area contributed by atoms with Crippen molar-refractivity contribution >= 4 is 5.57 Å². The van der Waals surface area contributed by atoms with Crippen LogP contribution in [0.2, 0.25) is 0 Å². The van der Waals surface area contributed by atoms with Crippen LogP contribution in [0.25, 0.3) is 5.57 Å². The summed E-state index contributed by atoms with van der Waals surface area (Å²) in [6.45, 7) is 36.2. The molecule has 1 heteroatoms. The Kier molecular flexibility index (Phi) is 8.99. The maximum Gasteiger partial charge on any atom is 0.0316 e. The molecule has 1 nitrogen and oxygen atoms in total. The van der Waals surface area contributed by atoms with Gasteiger partial charge in [-0.3, -0.25) is 0 Å². The molecule has 1 aromatic rings. The maximum atomic E-state index is 6.23. The number of hydrogen-bond acceptors (Lipinski definition) is 1. The van der Waals surface area contributed by atoms with Gasteiger partial charge in [0.1, 0.15) is 0 Å². The van der Waals surface area contributed by atoms with Crippen molar-refractivity contribution in [3.8, 4) is 0 Å². The lowest BCUT2D eigenvalue weighted by atomic mass is 9.67. The Balaban J connectivity index is 2.14. The summed E-state index contributed by atoms with van der Waals surface area (Å²) < 4.78 is 0. The summed E-state index contributed by atoms with van der Waals surface area (Å²) in [7, 11) is 0. The summed E-state index contributed by atoms with van der Waals surface area (Å²) in [6.07, 6.45) is 6.57. The number of allylic oxidation sites excluding steroid dienone is 6. The van der Waals surface area contributed by atoms with Crippen molar-refractivity contribution in [1.29, 1.82) is 0 Å². The van der Waals surface area contributed by atoms with Gasteiger partial charge < -0.3 is 5.73 Å². The maximum absolute atomic E-state index is 6.23. The van der Waals surface area contributed by atoms with Gasteiger partial charge in [0, 0.05) is 11.6 Å². The second-order valence-corrected chi connectivity index (χ2v) is 11.9. The summed E-state index contributed by atoms with van der Waals surface area (Å²) in [5.74, 6) is 1.66. The van der Waals surface area contributed by atoms with Crippen molar-refractivity contribution in [3.05, 3.63) is 99.3 Å². The second-order valence-electron chi connectivity index (χ2n) is 11.9. The number of nitrogens with two attached hydrogens (primary N) is 1. The van der Waals surface area contributed by atoms with Crippen LogP contribution in [0.4, 0.5) is 0 Å². The van der Waals surface area contributed by atoms with E-state index in [-0.39, 0.29) is 0 Å². The van der Waals surface area contributed by atoms with Gasteiger partial charge in [0.25, 0.3) is 0 Å². The van der Waals surface area contributed by atoms with E-state index in [2.05, 4.69) is 81.2 Å². The zero-order chi connectivity index (χ0) is 27.8. The van der Waals surface area contributed by atoms with E-state index in [1.165, 1.54) is 55.7 Å². The Morgan fingerprint density at radius 1 is 1.11 bits per heavy atom. The lowest BCUT2D eigenvalue weighted by Crippen LogP contribution is -2.24. The van der Waals surface area contributed by atoms with E-state index >= 15 is 0 Å². The molecule has 0 bridgehead atoms. The Morgan fingerprint density at radius 3 is 2.32 bits per heavy atom. The highest BCUT2D eigenvalue weighted by molar-refractivity contribution is 5.85. The largest absolute Gasteiger partial charge is 0.399 e. The van der Waals surface area contributed by atoms with E-state index in [0.29, 0.717) is 29.4 Å². The molecular formula is C36H51N. The van der Waals surface area contributed by atoms with Gasteiger partial charge >= 0.3 is 0 Å². The number of rotatable bonds is 8. The lowest BCUT2D eigenvalue weighted by molar-refractivity contribution is 0.535. The van der Waals surface area contributed by atoms with Gasteiger partial charge in [0.05, 0.1) is 0 Å². The zero-order valence-corrected chi connectivity index (χ0v) is 25.0. The quantitative estimate of drug-likeness (QED) is 0.355. The molecule has 0 saturated carbocycles.